The fraction of sp³-hybridized carbons (Fsp3) is 0.722. The summed E-state index contributed by atoms with van der Waals surface area (Å²) in [5.74, 6) is 1.08. The summed E-state index contributed by atoms with van der Waals surface area (Å²) in [5.41, 5.74) is -0.318. The molecule has 1 aromatic rings. The van der Waals surface area contributed by atoms with E-state index in [1.807, 2.05) is 11.0 Å². The third kappa shape index (κ3) is 2.82. The van der Waals surface area contributed by atoms with Crippen LogP contribution < -0.4 is 0 Å². The minimum absolute atomic E-state index is 0.0690. The van der Waals surface area contributed by atoms with Gasteiger partial charge < -0.3 is 9.80 Å². The first-order valence-corrected chi connectivity index (χ1v) is 9.21. The summed E-state index contributed by atoms with van der Waals surface area (Å²) in [6.45, 7) is 3.39. The minimum Gasteiger partial charge on any atom is -0.342 e. The third-order valence-corrected chi connectivity index (χ3v) is 6.09. The van der Waals surface area contributed by atoms with Gasteiger partial charge in [-0.25, -0.2) is 0 Å². The summed E-state index contributed by atoms with van der Waals surface area (Å²) in [6, 6.07) is 1.82. The van der Waals surface area contributed by atoms with E-state index in [-0.39, 0.29) is 17.9 Å². The first-order valence-electron chi connectivity index (χ1n) is 9.21. The summed E-state index contributed by atoms with van der Waals surface area (Å²) < 4.78 is 1.65. The van der Waals surface area contributed by atoms with Gasteiger partial charge in [0.25, 0.3) is 0 Å². The molecular formula is C18H26N4O2. The molecular weight excluding hydrogens is 304 g/mol. The van der Waals surface area contributed by atoms with Crippen LogP contribution in [0.3, 0.4) is 0 Å². The molecule has 0 bridgehead atoms. The van der Waals surface area contributed by atoms with E-state index in [4.69, 9.17) is 0 Å². The summed E-state index contributed by atoms with van der Waals surface area (Å²) in [5, 5.41) is 4.10. The van der Waals surface area contributed by atoms with E-state index < -0.39 is 0 Å². The maximum atomic E-state index is 13.1. The molecule has 0 unspecified atom stereocenters. The molecule has 1 aromatic heterocycles. The topological polar surface area (TPSA) is 58.4 Å². The number of rotatable bonds is 4. The van der Waals surface area contributed by atoms with Crippen molar-refractivity contribution in [1.82, 2.24) is 19.6 Å². The summed E-state index contributed by atoms with van der Waals surface area (Å²) >= 11 is 0. The van der Waals surface area contributed by atoms with Crippen molar-refractivity contribution >= 4 is 11.8 Å². The maximum Gasteiger partial charge on any atom is 0.244 e. The van der Waals surface area contributed by atoms with Gasteiger partial charge in [-0.3, -0.25) is 14.3 Å². The molecule has 2 saturated heterocycles. The van der Waals surface area contributed by atoms with Gasteiger partial charge in [-0.05, 0) is 44.1 Å². The first-order chi connectivity index (χ1) is 11.7. The van der Waals surface area contributed by atoms with Gasteiger partial charge in [0, 0.05) is 38.6 Å². The van der Waals surface area contributed by atoms with Crippen LogP contribution in [0.5, 0.6) is 0 Å². The summed E-state index contributed by atoms with van der Waals surface area (Å²) in [7, 11) is 0. The van der Waals surface area contributed by atoms with Crippen molar-refractivity contribution < 1.29 is 9.59 Å². The number of carbonyl (C=O) groups is 2. The Morgan fingerprint density at radius 1 is 1.25 bits per heavy atom. The molecule has 3 aliphatic rings. The SMILES string of the molecule is O=C(Cn1cccn1)N1CC[C@@]2(CCCN(CC3CCC3)C2=O)C1. The Morgan fingerprint density at radius 2 is 2.12 bits per heavy atom. The molecule has 1 spiro atoms. The summed E-state index contributed by atoms with van der Waals surface area (Å²) in [6.07, 6.45) is 10.2. The fourth-order valence-corrected chi connectivity index (χ4v) is 4.41. The maximum absolute atomic E-state index is 13.1. The molecule has 6 heteroatoms. The van der Waals surface area contributed by atoms with Crippen molar-refractivity contribution in [3.05, 3.63) is 18.5 Å². The number of piperidine rings is 1. The van der Waals surface area contributed by atoms with Crippen molar-refractivity contribution in [3.63, 3.8) is 0 Å². The highest BCUT2D eigenvalue weighted by atomic mass is 16.2. The zero-order chi connectivity index (χ0) is 16.6. The van der Waals surface area contributed by atoms with Crippen LogP contribution in [0.2, 0.25) is 0 Å². The van der Waals surface area contributed by atoms with Gasteiger partial charge in [0.05, 0.1) is 5.41 Å². The lowest BCUT2D eigenvalue weighted by Gasteiger charge is -2.42. The number of hydrogen-bond donors (Lipinski definition) is 0. The minimum atomic E-state index is -0.318. The van der Waals surface area contributed by atoms with Crippen molar-refractivity contribution in [1.29, 1.82) is 0 Å². The van der Waals surface area contributed by atoms with Gasteiger partial charge >= 0.3 is 0 Å². The number of likely N-dealkylation sites (tertiary alicyclic amines) is 2. The van der Waals surface area contributed by atoms with E-state index in [2.05, 4.69) is 10.00 Å². The van der Waals surface area contributed by atoms with Crippen molar-refractivity contribution in [3.8, 4) is 0 Å². The second-order valence-electron chi connectivity index (χ2n) is 7.70. The molecule has 3 fully saturated rings. The molecule has 6 nitrogen and oxygen atoms in total. The van der Waals surface area contributed by atoms with Crippen LogP contribution in [0, 0.1) is 11.3 Å². The molecule has 2 aliphatic heterocycles. The van der Waals surface area contributed by atoms with E-state index in [0.29, 0.717) is 24.9 Å². The Balaban J connectivity index is 1.39. The quantitative estimate of drug-likeness (QED) is 0.841. The van der Waals surface area contributed by atoms with Gasteiger partial charge in [0.15, 0.2) is 0 Å². The molecule has 2 amide bonds. The van der Waals surface area contributed by atoms with Crippen LogP contribution >= 0.6 is 0 Å². The predicted molar refractivity (Wildman–Crippen MR) is 89.0 cm³/mol. The second kappa shape index (κ2) is 6.22. The smallest absolute Gasteiger partial charge is 0.244 e. The standard InChI is InChI=1S/C18H26N4O2/c23-16(13-22-10-3-8-19-22)21-11-7-18(14-21)6-2-9-20(17(18)24)12-15-4-1-5-15/h3,8,10,15H,1-2,4-7,9,11-14H2/t18-/m0/s1. The molecule has 0 aromatic carbocycles. The summed E-state index contributed by atoms with van der Waals surface area (Å²) in [4.78, 5) is 29.5. The monoisotopic (exact) mass is 330 g/mol. The van der Waals surface area contributed by atoms with Crippen LogP contribution in [0.25, 0.3) is 0 Å². The molecule has 1 atom stereocenters. The van der Waals surface area contributed by atoms with E-state index >= 15 is 0 Å². The molecule has 4 rings (SSSR count). The normalized spacial score (nSPS) is 27.8. The van der Waals surface area contributed by atoms with Crippen LogP contribution in [0.15, 0.2) is 18.5 Å². The Bertz CT molecular complexity index is 611. The van der Waals surface area contributed by atoms with Crippen molar-refractivity contribution in [2.75, 3.05) is 26.2 Å². The number of carbonyl (C=O) groups excluding carboxylic acids is 2. The number of amides is 2. The van der Waals surface area contributed by atoms with Gasteiger partial charge in [-0.1, -0.05) is 6.42 Å². The van der Waals surface area contributed by atoms with Crippen molar-refractivity contribution in [2.24, 2.45) is 11.3 Å². The number of nitrogens with zero attached hydrogens (tertiary/aromatic N) is 4. The average Bonchev–Trinajstić information content (AvgIpc) is 3.18. The highest BCUT2D eigenvalue weighted by Gasteiger charge is 2.49. The Kier molecular flexibility index (Phi) is 4.06. The zero-order valence-corrected chi connectivity index (χ0v) is 14.2. The Hall–Kier alpha value is -1.85. The van der Waals surface area contributed by atoms with Crippen molar-refractivity contribution in [2.45, 2.75) is 45.1 Å². The lowest BCUT2D eigenvalue weighted by atomic mass is 9.77. The molecule has 130 valence electrons. The predicted octanol–water partition coefficient (Wildman–Crippen LogP) is 1.52. The first kappa shape index (κ1) is 15.7. The molecule has 3 heterocycles. The molecule has 0 radical (unpaired) electrons. The highest BCUT2D eigenvalue weighted by Crippen LogP contribution is 2.41. The second-order valence-corrected chi connectivity index (χ2v) is 7.70. The molecule has 24 heavy (non-hydrogen) atoms. The largest absolute Gasteiger partial charge is 0.342 e. The van der Waals surface area contributed by atoms with Crippen LogP contribution in [-0.4, -0.2) is 57.6 Å². The van der Waals surface area contributed by atoms with E-state index in [9.17, 15) is 9.59 Å². The van der Waals surface area contributed by atoms with Crippen LogP contribution in [-0.2, 0) is 16.1 Å². The average molecular weight is 330 g/mol. The van der Waals surface area contributed by atoms with Crippen LogP contribution in [0.4, 0.5) is 0 Å². The van der Waals surface area contributed by atoms with Gasteiger partial charge in [-0.15, -0.1) is 0 Å². The molecule has 0 N–H and O–H groups in total. The Morgan fingerprint density at radius 3 is 2.83 bits per heavy atom. The number of aromatic nitrogens is 2. The number of hydrogen-bond acceptors (Lipinski definition) is 3. The van der Waals surface area contributed by atoms with Gasteiger partial charge in [0.2, 0.25) is 11.8 Å². The van der Waals surface area contributed by atoms with E-state index in [1.54, 1.807) is 17.1 Å². The third-order valence-electron chi connectivity index (χ3n) is 6.09. The molecule has 1 aliphatic carbocycles. The van der Waals surface area contributed by atoms with Gasteiger partial charge in [0.1, 0.15) is 6.54 Å². The zero-order valence-electron chi connectivity index (χ0n) is 14.2. The molecule has 1 saturated carbocycles. The lowest BCUT2D eigenvalue weighted by molar-refractivity contribution is -0.147. The fourth-order valence-electron chi connectivity index (χ4n) is 4.41. The van der Waals surface area contributed by atoms with E-state index in [0.717, 1.165) is 32.4 Å². The Labute approximate surface area is 142 Å². The highest BCUT2D eigenvalue weighted by molar-refractivity contribution is 5.86. The lowest BCUT2D eigenvalue weighted by Crippen LogP contribution is -2.52. The van der Waals surface area contributed by atoms with Gasteiger partial charge in [-0.2, -0.15) is 5.10 Å². The van der Waals surface area contributed by atoms with Crippen LogP contribution in [0.1, 0.15) is 38.5 Å². The van der Waals surface area contributed by atoms with E-state index in [1.165, 1.54) is 19.3 Å².